The molecule has 0 aromatic heterocycles. The zero-order chi connectivity index (χ0) is 13.7. The smallest absolute Gasteiger partial charge is 0.293 e. The minimum Gasteiger partial charge on any atom is -0.293 e. The van der Waals surface area contributed by atoms with E-state index in [1.807, 2.05) is 0 Å². The molecular formula is C10H7F3O4S. The van der Waals surface area contributed by atoms with Crippen LogP contribution in [0.15, 0.2) is 23.1 Å². The number of carbonyl (C=O) groups is 1. The van der Waals surface area contributed by atoms with Gasteiger partial charge in [-0.15, -0.1) is 0 Å². The highest BCUT2D eigenvalue weighted by Gasteiger charge is 2.50. The maximum Gasteiger partial charge on any atom is 0.399 e. The van der Waals surface area contributed by atoms with E-state index in [4.69, 9.17) is 4.55 Å². The van der Waals surface area contributed by atoms with Gasteiger partial charge >= 0.3 is 6.18 Å². The van der Waals surface area contributed by atoms with Gasteiger partial charge in [0, 0.05) is 5.56 Å². The molecule has 0 radical (unpaired) electrons. The summed E-state index contributed by atoms with van der Waals surface area (Å²) in [5, 5.41) is 0. The van der Waals surface area contributed by atoms with Gasteiger partial charge in [-0.3, -0.25) is 9.35 Å². The number of halogens is 3. The van der Waals surface area contributed by atoms with E-state index in [0.29, 0.717) is 0 Å². The fourth-order valence-corrected chi connectivity index (χ4v) is 2.75. The van der Waals surface area contributed by atoms with E-state index in [2.05, 4.69) is 0 Å². The van der Waals surface area contributed by atoms with E-state index < -0.39 is 39.3 Å². The summed E-state index contributed by atoms with van der Waals surface area (Å²) in [6.07, 6.45) is -5.49. The van der Waals surface area contributed by atoms with Gasteiger partial charge in [-0.05, 0) is 18.1 Å². The minimum absolute atomic E-state index is 0.271. The molecule has 98 valence electrons. The van der Waals surface area contributed by atoms with E-state index >= 15 is 0 Å². The topological polar surface area (TPSA) is 71.4 Å². The number of ketones is 1. The highest BCUT2D eigenvalue weighted by molar-refractivity contribution is 7.85. The molecule has 1 aliphatic rings. The Kier molecular flexibility index (Phi) is 2.74. The standard InChI is InChI=1S/C10H7F3O4S/c11-10(12,13)7-4-6-5(9(7)14)2-1-3-8(6)18(15,16)17/h1-3,7H,4H2,(H,15,16,17). The second-order valence-corrected chi connectivity index (χ2v) is 5.31. The summed E-state index contributed by atoms with van der Waals surface area (Å²) in [7, 11) is -4.64. The van der Waals surface area contributed by atoms with Crippen molar-refractivity contribution in [3.8, 4) is 0 Å². The van der Waals surface area contributed by atoms with E-state index in [1.165, 1.54) is 0 Å². The van der Waals surface area contributed by atoms with Crippen molar-refractivity contribution in [1.82, 2.24) is 0 Å². The molecule has 0 fully saturated rings. The van der Waals surface area contributed by atoms with Gasteiger partial charge in [0.05, 0.1) is 4.90 Å². The normalized spacial score (nSPS) is 20.0. The molecule has 0 amide bonds. The zero-order valence-corrected chi connectivity index (χ0v) is 9.55. The van der Waals surface area contributed by atoms with Gasteiger partial charge < -0.3 is 0 Å². The third-order valence-electron chi connectivity index (χ3n) is 2.80. The van der Waals surface area contributed by atoms with Crippen molar-refractivity contribution in [2.45, 2.75) is 17.5 Å². The number of benzene rings is 1. The van der Waals surface area contributed by atoms with Crippen LogP contribution in [0.25, 0.3) is 0 Å². The number of carbonyl (C=O) groups excluding carboxylic acids is 1. The molecule has 0 aliphatic heterocycles. The first kappa shape index (κ1) is 13.0. The molecule has 0 saturated heterocycles. The molecule has 0 bridgehead atoms. The molecule has 1 N–H and O–H groups in total. The second kappa shape index (κ2) is 3.79. The number of hydrogen-bond acceptors (Lipinski definition) is 3. The van der Waals surface area contributed by atoms with Crippen LogP contribution in [-0.2, 0) is 16.5 Å². The Morgan fingerprint density at radius 3 is 2.39 bits per heavy atom. The molecule has 2 rings (SSSR count). The molecule has 1 atom stereocenters. The van der Waals surface area contributed by atoms with Crippen molar-refractivity contribution in [2.24, 2.45) is 5.92 Å². The molecule has 0 heterocycles. The van der Waals surface area contributed by atoms with Crippen molar-refractivity contribution < 1.29 is 30.9 Å². The van der Waals surface area contributed by atoms with Gasteiger partial charge in [-0.25, -0.2) is 0 Å². The third kappa shape index (κ3) is 2.01. The maximum atomic E-state index is 12.6. The van der Waals surface area contributed by atoms with Crippen molar-refractivity contribution in [1.29, 1.82) is 0 Å². The lowest BCUT2D eigenvalue weighted by Crippen LogP contribution is -2.27. The highest BCUT2D eigenvalue weighted by atomic mass is 32.2. The first-order chi connectivity index (χ1) is 8.12. The maximum absolute atomic E-state index is 12.6. The number of Topliss-reactive ketones (excluding diaryl/α,β-unsaturated/α-hetero) is 1. The summed E-state index contributed by atoms with van der Waals surface area (Å²) >= 11 is 0. The number of fused-ring (bicyclic) bond motifs is 1. The number of rotatable bonds is 1. The van der Waals surface area contributed by atoms with Crippen molar-refractivity contribution in [3.05, 3.63) is 29.3 Å². The molecule has 1 aliphatic carbocycles. The zero-order valence-electron chi connectivity index (χ0n) is 8.73. The van der Waals surface area contributed by atoms with Crippen LogP contribution < -0.4 is 0 Å². The lowest BCUT2D eigenvalue weighted by molar-refractivity contribution is -0.158. The molecule has 8 heteroatoms. The summed E-state index contributed by atoms with van der Waals surface area (Å²) in [5.74, 6) is -3.40. The van der Waals surface area contributed by atoms with Crippen molar-refractivity contribution >= 4 is 15.9 Å². The van der Waals surface area contributed by atoms with Crippen LogP contribution in [-0.4, -0.2) is 24.9 Å². The Morgan fingerprint density at radius 1 is 1.28 bits per heavy atom. The van der Waals surface area contributed by atoms with E-state index in [9.17, 15) is 26.4 Å². The largest absolute Gasteiger partial charge is 0.399 e. The fourth-order valence-electron chi connectivity index (χ4n) is 2.00. The van der Waals surface area contributed by atoms with Crippen molar-refractivity contribution in [3.63, 3.8) is 0 Å². The SMILES string of the molecule is O=C1c2cccc(S(=O)(=O)O)c2CC1C(F)(F)F. The molecule has 0 spiro atoms. The Hall–Kier alpha value is -1.41. The predicted molar refractivity (Wildman–Crippen MR) is 53.8 cm³/mol. The number of hydrogen-bond donors (Lipinski definition) is 1. The summed E-state index contributed by atoms with van der Waals surface area (Å²) < 4.78 is 68.7. The van der Waals surface area contributed by atoms with E-state index in [1.54, 1.807) is 0 Å². The van der Waals surface area contributed by atoms with Crippen molar-refractivity contribution in [2.75, 3.05) is 0 Å². The first-order valence-corrected chi connectivity index (χ1v) is 6.26. The van der Waals surface area contributed by atoms with Gasteiger partial charge in [0.15, 0.2) is 5.78 Å². The Labute approximate surface area is 100 Å². The summed E-state index contributed by atoms with van der Waals surface area (Å²) in [5.41, 5.74) is -0.570. The lowest BCUT2D eigenvalue weighted by Gasteiger charge is -2.11. The number of alkyl halides is 3. The molecule has 1 aromatic carbocycles. The van der Waals surface area contributed by atoms with Crippen LogP contribution >= 0.6 is 0 Å². The average molecular weight is 280 g/mol. The summed E-state index contributed by atoms with van der Waals surface area (Å²) in [4.78, 5) is 10.9. The molecule has 1 aromatic rings. The average Bonchev–Trinajstić information content (AvgIpc) is 2.54. The van der Waals surface area contributed by atoms with Crippen LogP contribution in [0.4, 0.5) is 13.2 Å². The predicted octanol–water partition coefficient (Wildman–Crippen LogP) is 1.85. The quantitative estimate of drug-likeness (QED) is 0.797. The van der Waals surface area contributed by atoms with Crippen LogP contribution in [0, 0.1) is 5.92 Å². The molecule has 0 saturated carbocycles. The summed E-state index contributed by atoms with van der Waals surface area (Å²) in [6, 6.07) is 3.22. The Bertz CT molecular complexity index is 619. The molecule has 4 nitrogen and oxygen atoms in total. The van der Waals surface area contributed by atoms with Gasteiger partial charge in [0.1, 0.15) is 5.92 Å². The monoisotopic (exact) mass is 280 g/mol. The van der Waals surface area contributed by atoms with E-state index in [0.717, 1.165) is 18.2 Å². The molecule has 18 heavy (non-hydrogen) atoms. The lowest BCUT2D eigenvalue weighted by atomic mass is 10.1. The first-order valence-electron chi connectivity index (χ1n) is 4.82. The second-order valence-electron chi connectivity index (χ2n) is 3.92. The van der Waals surface area contributed by atoms with Gasteiger partial charge in [0.2, 0.25) is 0 Å². The molecular weight excluding hydrogens is 273 g/mol. The van der Waals surface area contributed by atoms with Gasteiger partial charge in [-0.2, -0.15) is 21.6 Å². The minimum atomic E-state index is -4.73. The van der Waals surface area contributed by atoms with Crippen LogP contribution in [0.3, 0.4) is 0 Å². The Balaban J connectivity index is 2.60. The van der Waals surface area contributed by atoms with Gasteiger partial charge in [-0.1, -0.05) is 12.1 Å². The fraction of sp³-hybridized carbons (Fsp3) is 0.300. The Morgan fingerprint density at radius 2 is 1.89 bits per heavy atom. The van der Waals surface area contributed by atoms with Crippen LogP contribution in [0.1, 0.15) is 15.9 Å². The highest BCUT2D eigenvalue weighted by Crippen LogP contribution is 2.40. The van der Waals surface area contributed by atoms with Gasteiger partial charge in [0.25, 0.3) is 10.1 Å². The van der Waals surface area contributed by atoms with E-state index in [-0.39, 0.29) is 11.1 Å². The van der Waals surface area contributed by atoms with Crippen LogP contribution in [0.2, 0.25) is 0 Å². The summed E-state index contributed by atoms with van der Waals surface area (Å²) in [6.45, 7) is 0. The third-order valence-corrected chi connectivity index (χ3v) is 3.73. The van der Waals surface area contributed by atoms with Crippen LogP contribution in [0.5, 0.6) is 0 Å². The molecule has 1 unspecified atom stereocenters.